The lowest BCUT2D eigenvalue weighted by Gasteiger charge is -2.30. The average molecular weight is 349 g/mol. The number of sulfonamides is 1. The standard InChI is InChI=1S/C14H24N2O2S3/c1-10-8-14(20-13(10)9-15-2)21(17,18)16-11-6-4-5-7-12(11)19-3/h8,11-12,15-16H,4-7,9H2,1-3H3. The fourth-order valence-corrected chi connectivity index (χ4v) is 6.68. The first kappa shape index (κ1) is 17.3. The molecule has 120 valence electrons. The largest absolute Gasteiger partial charge is 0.315 e. The molecule has 1 aliphatic rings. The minimum atomic E-state index is -3.40. The molecule has 2 atom stereocenters. The van der Waals surface area contributed by atoms with Crippen LogP contribution in [0.1, 0.15) is 36.1 Å². The summed E-state index contributed by atoms with van der Waals surface area (Å²) in [7, 11) is -1.52. The maximum absolute atomic E-state index is 12.6. The minimum absolute atomic E-state index is 0.0638. The smallest absolute Gasteiger partial charge is 0.250 e. The van der Waals surface area contributed by atoms with Crippen molar-refractivity contribution < 1.29 is 8.42 Å². The van der Waals surface area contributed by atoms with Crippen LogP contribution in [0.25, 0.3) is 0 Å². The third-order valence-corrected chi connectivity index (χ3v) is 8.28. The van der Waals surface area contributed by atoms with Gasteiger partial charge in [0.15, 0.2) is 0 Å². The molecule has 4 nitrogen and oxygen atoms in total. The second kappa shape index (κ2) is 7.46. The Morgan fingerprint density at radius 1 is 1.38 bits per heavy atom. The Labute approximate surface area is 136 Å². The number of aryl methyl sites for hydroxylation is 1. The Balaban J connectivity index is 2.15. The number of thiophene rings is 1. The molecule has 2 N–H and O–H groups in total. The zero-order valence-electron chi connectivity index (χ0n) is 12.8. The first-order valence-corrected chi connectivity index (χ1v) is 10.9. The van der Waals surface area contributed by atoms with Crippen LogP contribution in [-0.4, -0.2) is 33.0 Å². The number of thioether (sulfide) groups is 1. The van der Waals surface area contributed by atoms with E-state index >= 15 is 0 Å². The summed E-state index contributed by atoms with van der Waals surface area (Å²) in [5.41, 5.74) is 1.04. The molecular weight excluding hydrogens is 324 g/mol. The van der Waals surface area contributed by atoms with E-state index < -0.39 is 10.0 Å². The van der Waals surface area contributed by atoms with Crippen molar-refractivity contribution >= 4 is 33.1 Å². The highest BCUT2D eigenvalue weighted by molar-refractivity contribution is 7.99. The van der Waals surface area contributed by atoms with Crippen molar-refractivity contribution in [2.75, 3.05) is 13.3 Å². The van der Waals surface area contributed by atoms with Gasteiger partial charge in [0.25, 0.3) is 0 Å². The summed E-state index contributed by atoms with van der Waals surface area (Å²) in [5, 5.41) is 3.47. The van der Waals surface area contributed by atoms with E-state index in [2.05, 4.69) is 16.3 Å². The molecule has 1 heterocycles. The molecule has 21 heavy (non-hydrogen) atoms. The van der Waals surface area contributed by atoms with E-state index in [1.807, 2.05) is 14.0 Å². The average Bonchev–Trinajstić information content (AvgIpc) is 2.82. The van der Waals surface area contributed by atoms with Crippen LogP contribution in [0.2, 0.25) is 0 Å². The lowest BCUT2D eigenvalue weighted by Crippen LogP contribution is -2.43. The summed E-state index contributed by atoms with van der Waals surface area (Å²) in [4.78, 5) is 1.09. The molecule has 2 unspecified atom stereocenters. The van der Waals surface area contributed by atoms with E-state index in [0.717, 1.165) is 29.7 Å². The fraction of sp³-hybridized carbons (Fsp3) is 0.714. The summed E-state index contributed by atoms with van der Waals surface area (Å²) < 4.78 is 28.6. The third-order valence-electron chi connectivity index (χ3n) is 3.91. The van der Waals surface area contributed by atoms with Gasteiger partial charge in [-0.15, -0.1) is 11.3 Å². The van der Waals surface area contributed by atoms with Crippen LogP contribution < -0.4 is 10.0 Å². The highest BCUT2D eigenvalue weighted by Gasteiger charge is 2.30. The topological polar surface area (TPSA) is 58.2 Å². The molecule has 1 aliphatic carbocycles. The van der Waals surface area contributed by atoms with Crippen LogP contribution in [0.15, 0.2) is 10.3 Å². The number of nitrogens with one attached hydrogen (secondary N) is 2. The van der Waals surface area contributed by atoms with E-state index in [9.17, 15) is 8.42 Å². The van der Waals surface area contributed by atoms with E-state index in [-0.39, 0.29) is 6.04 Å². The van der Waals surface area contributed by atoms with E-state index in [1.165, 1.54) is 17.8 Å². The van der Waals surface area contributed by atoms with Crippen molar-refractivity contribution in [2.45, 2.75) is 54.7 Å². The van der Waals surface area contributed by atoms with Gasteiger partial charge >= 0.3 is 0 Å². The molecule has 1 saturated carbocycles. The highest BCUT2D eigenvalue weighted by Crippen LogP contribution is 2.30. The van der Waals surface area contributed by atoms with Crippen molar-refractivity contribution in [1.82, 2.24) is 10.0 Å². The highest BCUT2D eigenvalue weighted by atomic mass is 32.2. The van der Waals surface area contributed by atoms with Crippen LogP contribution in [-0.2, 0) is 16.6 Å². The van der Waals surface area contributed by atoms with Crippen LogP contribution in [0.4, 0.5) is 0 Å². The Bertz CT molecular complexity index is 569. The molecule has 1 aromatic rings. The van der Waals surface area contributed by atoms with Crippen LogP contribution >= 0.6 is 23.1 Å². The second-order valence-electron chi connectivity index (χ2n) is 5.49. The van der Waals surface area contributed by atoms with Gasteiger partial charge in [-0.25, -0.2) is 13.1 Å². The Morgan fingerprint density at radius 2 is 2.10 bits per heavy atom. The van der Waals surface area contributed by atoms with Gasteiger partial charge < -0.3 is 5.32 Å². The van der Waals surface area contributed by atoms with Gasteiger partial charge in [0.1, 0.15) is 4.21 Å². The molecule has 2 rings (SSSR count). The summed E-state index contributed by atoms with van der Waals surface area (Å²) >= 11 is 3.14. The summed E-state index contributed by atoms with van der Waals surface area (Å²) in [6.45, 7) is 2.68. The number of hydrogen-bond acceptors (Lipinski definition) is 5. The predicted molar refractivity (Wildman–Crippen MR) is 91.7 cm³/mol. The van der Waals surface area contributed by atoms with Crippen LogP contribution in [0.5, 0.6) is 0 Å². The Hall–Kier alpha value is -0.0800. The lowest BCUT2D eigenvalue weighted by atomic mass is 9.96. The quantitative estimate of drug-likeness (QED) is 0.830. The van der Waals surface area contributed by atoms with Crippen LogP contribution in [0, 0.1) is 6.92 Å². The lowest BCUT2D eigenvalue weighted by molar-refractivity contribution is 0.423. The minimum Gasteiger partial charge on any atom is -0.315 e. The maximum atomic E-state index is 12.6. The molecule has 0 aromatic carbocycles. The van der Waals surface area contributed by atoms with Crippen molar-refractivity contribution in [1.29, 1.82) is 0 Å². The van der Waals surface area contributed by atoms with Crippen molar-refractivity contribution in [3.63, 3.8) is 0 Å². The molecule has 0 radical (unpaired) electrons. The van der Waals surface area contributed by atoms with Gasteiger partial charge in [0.2, 0.25) is 10.0 Å². The first-order chi connectivity index (χ1) is 9.97. The van der Waals surface area contributed by atoms with Crippen molar-refractivity contribution in [2.24, 2.45) is 0 Å². The van der Waals surface area contributed by atoms with E-state index in [4.69, 9.17) is 0 Å². The third kappa shape index (κ3) is 4.22. The molecule has 1 fully saturated rings. The van der Waals surface area contributed by atoms with Gasteiger partial charge in [0, 0.05) is 22.7 Å². The summed E-state index contributed by atoms with van der Waals surface area (Å²) in [6, 6.07) is 1.85. The van der Waals surface area contributed by atoms with Gasteiger partial charge in [-0.2, -0.15) is 11.8 Å². The summed E-state index contributed by atoms with van der Waals surface area (Å²) in [5.74, 6) is 0. The van der Waals surface area contributed by atoms with Gasteiger partial charge in [0.05, 0.1) is 0 Å². The molecule has 0 amide bonds. The number of rotatable bonds is 6. The predicted octanol–water partition coefficient (Wildman–Crippen LogP) is 2.73. The summed E-state index contributed by atoms with van der Waals surface area (Å²) in [6.07, 6.45) is 6.42. The van der Waals surface area contributed by atoms with Gasteiger partial charge in [-0.05, 0) is 44.7 Å². The fourth-order valence-electron chi connectivity index (χ4n) is 2.73. The van der Waals surface area contributed by atoms with E-state index in [0.29, 0.717) is 16.0 Å². The molecular formula is C14H24N2O2S3. The van der Waals surface area contributed by atoms with E-state index in [1.54, 1.807) is 17.8 Å². The molecule has 0 saturated heterocycles. The number of hydrogen-bond donors (Lipinski definition) is 2. The molecule has 1 aromatic heterocycles. The SMILES string of the molecule is CNCc1sc(S(=O)(=O)NC2CCCCC2SC)cc1C. The molecule has 7 heteroatoms. The van der Waals surface area contributed by atoms with Gasteiger partial charge in [-0.3, -0.25) is 0 Å². The van der Waals surface area contributed by atoms with Crippen molar-refractivity contribution in [3.05, 3.63) is 16.5 Å². The first-order valence-electron chi connectivity index (χ1n) is 7.27. The monoisotopic (exact) mass is 348 g/mol. The Morgan fingerprint density at radius 3 is 2.76 bits per heavy atom. The molecule has 0 bridgehead atoms. The molecule has 0 aliphatic heterocycles. The van der Waals surface area contributed by atoms with Crippen LogP contribution in [0.3, 0.4) is 0 Å². The normalized spacial score (nSPS) is 23.4. The zero-order valence-corrected chi connectivity index (χ0v) is 15.3. The Kier molecular flexibility index (Phi) is 6.14. The molecule has 0 spiro atoms. The maximum Gasteiger partial charge on any atom is 0.250 e. The zero-order chi connectivity index (χ0) is 15.5. The second-order valence-corrected chi connectivity index (χ2v) is 9.64. The van der Waals surface area contributed by atoms with Crippen molar-refractivity contribution in [3.8, 4) is 0 Å². The van der Waals surface area contributed by atoms with Gasteiger partial charge in [-0.1, -0.05) is 12.8 Å².